The number of ether oxygens (including phenoxy) is 1. The number of halogens is 2. The predicted molar refractivity (Wildman–Crippen MR) is 61.7 cm³/mol. The van der Waals surface area contributed by atoms with Crippen LogP contribution in [0.2, 0.25) is 5.15 Å². The fourth-order valence-corrected chi connectivity index (χ4v) is 1.94. The minimum Gasteiger partial charge on any atom is -0.462 e. The molecule has 16 heavy (non-hydrogen) atoms. The van der Waals surface area contributed by atoms with Gasteiger partial charge < -0.3 is 4.74 Å². The average molecular weight is 305 g/mol. The number of hydrogen-bond acceptors (Lipinski definition) is 4. The number of esters is 1. The highest BCUT2D eigenvalue weighted by atomic mass is 79.9. The third kappa shape index (κ3) is 1.78. The third-order valence-corrected chi connectivity index (χ3v) is 2.97. The highest BCUT2D eigenvalue weighted by molar-refractivity contribution is 9.10. The van der Waals surface area contributed by atoms with Crippen molar-refractivity contribution in [1.29, 1.82) is 0 Å². The molecule has 0 aliphatic carbocycles. The Bertz CT molecular complexity index is 555. The van der Waals surface area contributed by atoms with Gasteiger partial charge in [-0.2, -0.15) is 5.10 Å². The first-order chi connectivity index (χ1) is 7.65. The van der Waals surface area contributed by atoms with Crippen LogP contribution in [0.4, 0.5) is 0 Å². The molecule has 2 heterocycles. The minimum atomic E-state index is -0.441. The molecule has 0 radical (unpaired) electrons. The Kier molecular flexibility index (Phi) is 3.11. The van der Waals surface area contributed by atoms with E-state index in [4.69, 9.17) is 16.3 Å². The van der Waals surface area contributed by atoms with Gasteiger partial charge in [0.25, 0.3) is 0 Å². The summed E-state index contributed by atoms with van der Waals surface area (Å²) in [4.78, 5) is 15.6. The van der Waals surface area contributed by atoms with Crippen LogP contribution in [-0.2, 0) is 4.74 Å². The van der Waals surface area contributed by atoms with Gasteiger partial charge in [-0.3, -0.25) is 0 Å². The molecule has 0 fully saturated rings. The fraction of sp³-hybridized carbons (Fsp3) is 0.222. The van der Waals surface area contributed by atoms with Gasteiger partial charge in [0.15, 0.2) is 10.8 Å². The lowest BCUT2D eigenvalue weighted by Gasteiger charge is -2.04. The SMILES string of the molecule is CCOC(=O)c1cnn2c(Cl)cnc2c1Br. The first kappa shape index (κ1) is 11.3. The minimum absolute atomic E-state index is 0.311. The number of aromatic nitrogens is 3. The first-order valence-electron chi connectivity index (χ1n) is 4.50. The number of nitrogens with zero attached hydrogens (tertiary/aromatic N) is 3. The molecule has 0 aliphatic rings. The van der Waals surface area contributed by atoms with Crippen molar-refractivity contribution < 1.29 is 9.53 Å². The van der Waals surface area contributed by atoms with Crippen molar-refractivity contribution in [3.63, 3.8) is 0 Å². The summed E-state index contributed by atoms with van der Waals surface area (Å²) in [6.07, 6.45) is 2.85. The summed E-state index contributed by atoms with van der Waals surface area (Å²) in [5, 5.41) is 4.38. The lowest BCUT2D eigenvalue weighted by molar-refractivity contribution is 0.0524. The topological polar surface area (TPSA) is 56.5 Å². The van der Waals surface area contributed by atoms with Crippen molar-refractivity contribution in [2.75, 3.05) is 6.61 Å². The Morgan fingerprint density at radius 3 is 3.06 bits per heavy atom. The fourth-order valence-electron chi connectivity index (χ4n) is 1.23. The number of rotatable bonds is 2. The molecular weight excluding hydrogens is 297 g/mol. The molecule has 0 amide bonds. The van der Waals surface area contributed by atoms with Crippen LogP contribution in [0.1, 0.15) is 17.3 Å². The summed E-state index contributed by atoms with van der Waals surface area (Å²) in [5.41, 5.74) is 0.812. The van der Waals surface area contributed by atoms with Gasteiger partial charge in [-0.25, -0.2) is 14.3 Å². The van der Waals surface area contributed by atoms with Crippen LogP contribution in [0, 0.1) is 0 Å². The molecular formula is C9H7BrClN3O2. The Hall–Kier alpha value is -1.14. The summed E-state index contributed by atoms with van der Waals surface area (Å²) < 4.78 is 6.83. The summed E-state index contributed by atoms with van der Waals surface area (Å²) in [6.45, 7) is 2.05. The quantitative estimate of drug-likeness (QED) is 0.799. The van der Waals surface area contributed by atoms with E-state index in [1.807, 2.05) is 0 Å². The van der Waals surface area contributed by atoms with Gasteiger partial charge in [-0.1, -0.05) is 11.6 Å². The van der Waals surface area contributed by atoms with E-state index in [1.165, 1.54) is 16.9 Å². The number of carbonyl (C=O) groups is 1. The Labute approximate surface area is 104 Å². The number of carbonyl (C=O) groups excluding carboxylic acids is 1. The van der Waals surface area contributed by atoms with E-state index in [1.54, 1.807) is 6.92 Å². The van der Waals surface area contributed by atoms with E-state index in [2.05, 4.69) is 26.0 Å². The second-order valence-corrected chi connectivity index (χ2v) is 4.09. The van der Waals surface area contributed by atoms with Crippen LogP contribution in [-0.4, -0.2) is 27.2 Å². The maximum atomic E-state index is 11.6. The van der Waals surface area contributed by atoms with Crippen molar-refractivity contribution in [2.45, 2.75) is 6.92 Å². The Balaban J connectivity index is 2.56. The van der Waals surface area contributed by atoms with Crippen molar-refractivity contribution in [3.05, 3.63) is 27.6 Å². The Morgan fingerprint density at radius 1 is 1.62 bits per heavy atom. The van der Waals surface area contributed by atoms with Crippen LogP contribution >= 0.6 is 27.5 Å². The highest BCUT2D eigenvalue weighted by Gasteiger charge is 2.16. The average Bonchev–Trinajstić information content (AvgIpc) is 2.62. The second-order valence-electron chi connectivity index (χ2n) is 2.91. The third-order valence-electron chi connectivity index (χ3n) is 1.93. The second kappa shape index (κ2) is 4.39. The molecule has 0 aromatic carbocycles. The molecule has 5 nitrogen and oxygen atoms in total. The monoisotopic (exact) mass is 303 g/mol. The largest absolute Gasteiger partial charge is 0.462 e. The molecule has 84 valence electrons. The summed E-state index contributed by atoms with van der Waals surface area (Å²) in [5.74, 6) is -0.441. The highest BCUT2D eigenvalue weighted by Crippen LogP contribution is 2.23. The van der Waals surface area contributed by atoms with Gasteiger partial charge in [-0.05, 0) is 22.9 Å². The van der Waals surface area contributed by atoms with Crippen LogP contribution in [0.25, 0.3) is 5.65 Å². The molecule has 0 saturated heterocycles. The first-order valence-corrected chi connectivity index (χ1v) is 5.67. The number of hydrogen-bond donors (Lipinski definition) is 0. The van der Waals surface area contributed by atoms with Gasteiger partial charge in [0, 0.05) is 0 Å². The normalized spacial score (nSPS) is 10.7. The molecule has 0 atom stereocenters. The number of imidazole rings is 1. The predicted octanol–water partition coefficient (Wildman–Crippen LogP) is 2.32. The van der Waals surface area contributed by atoms with Crippen molar-refractivity contribution in [2.24, 2.45) is 0 Å². The Morgan fingerprint density at radius 2 is 2.38 bits per heavy atom. The van der Waals surface area contributed by atoms with Crippen molar-refractivity contribution in [3.8, 4) is 0 Å². The lowest BCUT2D eigenvalue weighted by Crippen LogP contribution is -2.08. The molecule has 0 N–H and O–H groups in total. The lowest BCUT2D eigenvalue weighted by atomic mass is 10.3. The standard InChI is InChI=1S/C9H7BrClN3O2/c1-2-16-9(15)5-3-13-14-6(11)4-12-8(14)7(5)10/h3-4H,2H2,1H3. The van der Waals surface area contributed by atoms with E-state index in [0.717, 1.165) is 0 Å². The molecule has 0 saturated carbocycles. The molecule has 0 unspecified atom stereocenters. The van der Waals surface area contributed by atoms with Gasteiger partial charge in [-0.15, -0.1) is 0 Å². The molecule has 2 aromatic rings. The van der Waals surface area contributed by atoms with Crippen LogP contribution in [0.15, 0.2) is 16.9 Å². The number of fused-ring (bicyclic) bond motifs is 1. The van der Waals surface area contributed by atoms with E-state index in [9.17, 15) is 4.79 Å². The van der Waals surface area contributed by atoms with Gasteiger partial charge >= 0.3 is 5.97 Å². The zero-order valence-electron chi connectivity index (χ0n) is 8.28. The van der Waals surface area contributed by atoms with Crippen LogP contribution < -0.4 is 0 Å². The van der Waals surface area contributed by atoms with E-state index in [0.29, 0.717) is 27.4 Å². The zero-order valence-corrected chi connectivity index (χ0v) is 10.6. The smallest absolute Gasteiger partial charge is 0.341 e. The van der Waals surface area contributed by atoms with Crippen LogP contribution in [0.5, 0.6) is 0 Å². The van der Waals surface area contributed by atoms with Gasteiger partial charge in [0.2, 0.25) is 0 Å². The molecule has 0 spiro atoms. The summed E-state index contributed by atoms with van der Waals surface area (Å²) in [6, 6.07) is 0. The van der Waals surface area contributed by atoms with Gasteiger partial charge in [0.05, 0.1) is 29.0 Å². The van der Waals surface area contributed by atoms with E-state index >= 15 is 0 Å². The zero-order chi connectivity index (χ0) is 11.7. The summed E-state index contributed by atoms with van der Waals surface area (Å²) in [7, 11) is 0. The molecule has 7 heteroatoms. The van der Waals surface area contributed by atoms with E-state index < -0.39 is 5.97 Å². The maximum Gasteiger partial charge on any atom is 0.341 e. The van der Waals surface area contributed by atoms with Crippen molar-refractivity contribution in [1.82, 2.24) is 14.6 Å². The molecule has 2 aromatic heterocycles. The molecule has 0 bridgehead atoms. The van der Waals surface area contributed by atoms with E-state index in [-0.39, 0.29) is 0 Å². The van der Waals surface area contributed by atoms with Crippen LogP contribution in [0.3, 0.4) is 0 Å². The molecule has 0 aliphatic heterocycles. The van der Waals surface area contributed by atoms with Crippen molar-refractivity contribution >= 4 is 39.1 Å². The summed E-state index contributed by atoms with van der Waals surface area (Å²) >= 11 is 9.12. The maximum absolute atomic E-state index is 11.6. The molecule has 2 rings (SSSR count). The van der Waals surface area contributed by atoms with Gasteiger partial charge in [0.1, 0.15) is 0 Å².